The van der Waals surface area contributed by atoms with Crippen molar-refractivity contribution >= 4 is 23.3 Å². The van der Waals surface area contributed by atoms with Crippen LogP contribution in [0.4, 0.5) is 5.82 Å². The largest absolute Gasteiger partial charge is 0.336 e. The van der Waals surface area contributed by atoms with Gasteiger partial charge in [-0.2, -0.15) is 0 Å². The number of aromatic nitrogens is 1. The van der Waals surface area contributed by atoms with Crippen LogP contribution < -0.4 is 11.3 Å². The van der Waals surface area contributed by atoms with Gasteiger partial charge in [-0.25, -0.2) is 10.8 Å². The summed E-state index contributed by atoms with van der Waals surface area (Å²) in [6.07, 6.45) is 2.94. The average molecular weight is 299 g/mol. The highest BCUT2D eigenvalue weighted by molar-refractivity contribution is 6.29. The van der Waals surface area contributed by atoms with Gasteiger partial charge in [-0.1, -0.05) is 31.9 Å². The van der Waals surface area contributed by atoms with E-state index in [-0.39, 0.29) is 17.1 Å². The third kappa shape index (κ3) is 4.35. The summed E-state index contributed by atoms with van der Waals surface area (Å²) in [7, 11) is 0. The summed E-state index contributed by atoms with van der Waals surface area (Å²) in [5.74, 6) is 5.69. The molecule has 1 amide bonds. The number of hydrogen-bond donors (Lipinski definition) is 2. The van der Waals surface area contributed by atoms with E-state index in [4.69, 9.17) is 17.4 Å². The van der Waals surface area contributed by atoms with Crippen molar-refractivity contribution in [3.63, 3.8) is 0 Å². The second-order valence-corrected chi connectivity index (χ2v) is 5.20. The van der Waals surface area contributed by atoms with Gasteiger partial charge in [0.1, 0.15) is 11.0 Å². The lowest BCUT2D eigenvalue weighted by molar-refractivity contribution is 0.0685. The predicted molar refractivity (Wildman–Crippen MR) is 82.8 cm³/mol. The molecule has 20 heavy (non-hydrogen) atoms. The Morgan fingerprint density at radius 2 is 2.20 bits per heavy atom. The molecule has 1 aromatic rings. The molecule has 1 atom stereocenters. The van der Waals surface area contributed by atoms with Crippen LogP contribution in [0.15, 0.2) is 12.1 Å². The van der Waals surface area contributed by atoms with Gasteiger partial charge in [0.2, 0.25) is 0 Å². The van der Waals surface area contributed by atoms with E-state index in [0.29, 0.717) is 11.4 Å². The molecule has 0 saturated heterocycles. The lowest BCUT2D eigenvalue weighted by atomic mass is 10.1. The van der Waals surface area contributed by atoms with Gasteiger partial charge in [-0.05, 0) is 31.9 Å². The highest BCUT2D eigenvalue weighted by atomic mass is 35.5. The minimum atomic E-state index is -0.0337. The number of rotatable bonds is 7. The zero-order chi connectivity index (χ0) is 15.1. The molecule has 5 nitrogen and oxygen atoms in total. The second-order valence-electron chi connectivity index (χ2n) is 4.82. The topological polar surface area (TPSA) is 71.2 Å². The van der Waals surface area contributed by atoms with E-state index in [1.807, 2.05) is 4.90 Å². The summed E-state index contributed by atoms with van der Waals surface area (Å²) in [6, 6.07) is 3.39. The van der Waals surface area contributed by atoms with E-state index >= 15 is 0 Å². The number of unbranched alkanes of at least 4 members (excludes halogenated alkanes) is 1. The minimum absolute atomic E-state index is 0.0337. The number of hydrogen-bond acceptors (Lipinski definition) is 4. The normalized spacial score (nSPS) is 12.1. The number of anilines is 1. The minimum Gasteiger partial charge on any atom is -0.336 e. The molecule has 0 aromatic carbocycles. The lowest BCUT2D eigenvalue weighted by Gasteiger charge is -2.28. The summed E-state index contributed by atoms with van der Waals surface area (Å²) < 4.78 is 0. The van der Waals surface area contributed by atoms with Gasteiger partial charge in [-0.3, -0.25) is 4.79 Å². The van der Waals surface area contributed by atoms with E-state index in [2.05, 4.69) is 31.2 Å². The molecule has 1 heterocycles. The van der Waals surface area contributed by atoms with Crippen molar-refractivity contribution < 1.29 is 4.79 Å². The molecular formula is C14H23ClN4O. The summed E-state index contributed by atoms with van der Waals surface area (Å²) in [5.41, 5.74) is 2.93. The van der Waals surface area contributed by atoms with Crippen LogP contribution in [0.2, 0.25) is 5.15 Å². The molecule has 0 bridgehead atoms. The van der Waals surface area contributed by atoms with Gasteiger partial charge >= 0.3 is 0 Å². The van der Waals surface area contributed by atoms with Gasteiger partial charge in [0, 0.05) is 18.2 Å². The molecule has 112 valence electrons. The molecule has 1 aromatic heterocycles. The first kappa shape index (κ1) is 16.7. The first-order valence-corrected chi connectivity index (χ1v) is 7.36. The van der Waals surface area contributed by atoms with Crippen LogP contribution in [0.25, 0.3) is 0 Å². The molecule has 1 unspecified atom stereocenters. The fraction of sp³-hybridized carbons (Fsp3) is 0.571. The smallest absolute Gasteiger partial charge is 0.254 e. The summed E-state index contributed by atoms with van der Waals surface area (Å²) in [6.45, 7) is 6.98. The maximum atomic E-state index is 12.6. The van der Waals surface area contributed by atoms with Gasteiger partial charge in [-0.15, -0.1) is 0 Å². The molecule has 0 aliphatic carbocycles. The highest BCUT2D eigenvalue weighted by Gasteiger charge is 2.21. The van der Waals surface area contributed by atoms with E-state index in [9.17, 15) is 4.79 Å². The molecule has 3 N–H and O–H groups in total. The van der Waals surface area contributed by atoms with Crippen molar-refractivity contribution in [2.24, 2.45) is 5.84 Å². The van der Waals surface area contributed by atoms with Gasteiger partial charge < -0.3 is 10.3 Å². The fourth-order valence-electron chi connectivity index (χ4n) is 1.93. The van der Waals surface area contributed by atoms with Crippen molar-refractivity contribution in [2.45, 2.75) is 46.1 Å². The summed E-state index contributed by atoms with van der Waals surface area (Å²) in [4.78, 5) is 18.5. The molecule has 0 radical (unpaired) electrons. The Hall–Kier alpha value is -1.33. The maximum absolute atomic E-state index is 12.6. The molecule has 0 aliphatic rings. The number of nitrogens with two attached hydrogens (primary N) is 1. The third-order valence-electron chi connectivity index (χ3n) is 3.33. The zero-order valence-corrected chi connectivity index (χ0v) is 13.1. The van der Waals surface area contributed by atoms with Gasteiger partial charge in [0.15, 0.2) is 0 Å². The highest BCUT2D eigenvalue weighted by Crippen LogP contribution is 2.18. The van der Waals surface area contributed by atoms with Gasteiger partial charge in [0.05, 0.1) is 0 Å². The van der Waals surface area contributed by atoms with E-state index in [1.54, 1.807) is 12.1 Å². The molecule has 1 rings (SSSR count). The Morgan fingerprint density at radius 3 is 2.75 bits per heavy atom. The molecule has 0 saturated carbocycles. The first-order valence-electron chi connectivity index (χ1n) is 6.98. The van der Waals surface area contributed by atoms with Crippen LogP contribution in [-0.4, -0.2) is 28.4 Å². The first-order chi connectivity index (χ1) is 9.53. The summed E-state index contributed by atoms with van der Waals surface area (Å²) >= 11 is 5.92. The summed E-state index contributed by atoms with van der Waals surface area (Å²) in [5, 5.41) is 0.253. The number of amides is 1. The van der Waals surface area contributed by atoms with E-state index in [1.165, 1.54) is 0 Å². The standard InChI is InChI=1S/C14H23ClN4O/c1-4-6-7-19(10(3)5-2)14(20)11-8-12(15)17-13(9-11)18-16/h8-10H,4-7,16H2,1-3H3,(H,17,18). The monoisotopic (exact) mass is 298 g/mol. The van der Waals surface area contributed by atoms with Gasteiger partial charge in [0.25, 0.3) is 5.91 Å². The number of halogens is 1. The number of carbonyl (C=O) groups is 1. The molecular weight excluding hydrogens is 276 g/mol. The predicted octanol–water partition coefficient (Wildman–Crippen LogP) is 3.06. The number of hydrazine groups is 1. The number of nitrogens with zero attached hydrogens (tertiary/aromatic N) is 2. The maximum Gasteiger partial charge on any atom is 0.254 e. The molecule has 0 aliphatic heterocycles. The Balaban J connectivity index is 3.01. The number of nitrogen functional groups attached to an aromatic ring is 1. The van der Waals surface area contributed by atoms with E-state index in [0.717, 1.165) is 25.8 Å². The Morgan fingerprint density at radius 1 is 1.50 bits per heavy atom. The number of pyridine rings is 1. The number of nitrogens with one attached hydrogen (secondary N) is 1. The second kappa shape index (κ2) is 8.07. The van der Waals surface area contributed by atoms with Crippen molar-refractivity contribution in [3.8, 4) is 0 Å². The van der Waals surface area contributed by atoms with Crippen LogP contribution in [0.1, 0.15) is 50.4 Å². The Bertz CT molecular complexity index is 453. The SMILES string of the molecule is CCCCN(C(=O)c1cc(Cl)nc(NN)c1)C(C)CC. The van der Waals surface area contributed by atoms with Crippen molar-refractivity contribution in [2.75, 3.05) is 12.0 Å². The van der Waals surface area contributed by atoms with Crippen molar-refractivity contribution in [1.29, 1.82) is 0 Å². The van der Waals surface area contributed by atoms with Crippen molar-refractivity contribution in [3.05, 3.63) is 22.8 Å². The zero-order valence-electron chi connectivity index (χ0n) is 12.3. The van der Waals surface area contributed by atoms with Crippen LogP contribution >= 0.6 is 11.6 Å². The lowest BCUT2D eigenvalue weighted by Crippen LogP contribution is -2.39. The van der Waals surface area contributed by atoms with Crippen LogP contribution in [0.3, 0.4) is 0 Å². The van der Waals surface area contributed by atoms with Crippen LogP contribution in [-0.2, 0) is 0 Å². The fourth-order valence-corrected chi connectivity index (χ4v) is 2.14. The molecule has 0 spiro atoms. The average Bonchev–Trinajstić information content (AvgIpc) is 2.46. The van der Waals surface area contributed by atoms with Crippen molar-refractivity contribution in [1.82, 2.24) is 9.88 Å². The molecule has 0 fully saturated rings. The van der Waals surface area contributed by atoms with E-state index < -0.39 is 0 Å². The number of carbonyl (C=O) groups excluding carboxylic acids is 1. The van der Waals surface area contributed by atoms with Crippen LogP contribution in [0, 0.1) is 0 Å². The Labute approximate surface area is 125 Å². The quantitative estimate of drug-likeness (QED) is 0.461. The molecule has 6 heteroatoms. The third-order valence-corrected chi connectivity index (χ3v) is 3.52. The Kier molecular flexibility index (Phi) is 6.75. The van der Waals surface area contributed by atoms with Crippen LogP contribution in [0.5, 0.6) is 0 Å².